The Balaban J connectivity index is 1.35. The lowest BCUT2D eigenvalue weighted by Gasteiger charge is -2.22. The number of rotatable bonds is 16. The van der Waals surface area contributed by atoms with Crippen LogP contribution in [0.25, 0.3) is 11.1 Å². The lowest BCUT2D eigenvalue weighted by Crippen LogP contribution is -2.57. The van der Waals surface area contributed by atoms with Crippen molar-refractivity contribution in [3.8, 4) is 11.1 Å². The van der Waals surface area contributed by atoms with Crippen molar-refractivity contribution in [1.29, 1.82) is 0 Å². The van der Waals surface area contributed by atoms with Crippen molar-refractivity contribution in [2.24, 2.45) is 0 Å². The molecule has 1 aliphatic carbocycles. The topological polar surface area (TPSA) is 251 Å². The van der Waals surface area contributed by atoms with Crippen LogP contribution in [0.3, 0.4) is 0 Å². The van der Waals surface area contributed by atoms with E-state index in [1.54, 1.807) is 30.3 Å². The summed E-state index contributed by atoms with van der Waals surface area (Å²) in [7, 11) is -9.86. The normalized spacial score (nSPS) is 13.6. The fourth-order valence-electron chi connectivity index (χ4n) is 5.29. The second-order valence-corrected chi connectivity index (χ2v) is 14.2. The lowest BCUT2D eigenvalue weighted by atomic mass is 9.98. The van der Waals surface area contributed by atoms with Gasteiger partial charge in [-0.05, 0) is 27.8 Å². The molecule has 0 saturated carbocycles. The van der Waals surface area contributed by atoms with Crippen LogP contribution in [0.2, 0.25) is 0 Å². The molecule has 3 aromatic rings. The summed E-state index contributed by atoms with van der Waals surface area (Å²) in [5.74, 6) is -7.45. The van der Waals surface area contributed by atoms with Crippen LogP contribution in [0.15, 0.2) is 78.9 Å². The maximum absolute atomic E-state index is 13.1. The number of ether oxygens (including phenoxy) is 1. The van der Waals surface area contributed by atoms with Gasteiger partial charge in [-0.15, -0.1) is 0 Å². The molecule has 0 radical (unpaired) electrons. The summed E-state index contributed by atoms with van der Waals surface area (Å²) in [6, 6.07) is 19.2. The van der Waals surface area contributed by atoms with Gasteiger partial charge in [-0.25, -0.2) is 4.79 Å². The Morgan fingerprint density at radius 1 is 0.660 bits per heavy atom. The zero-order valence-corrected chi connectivity index (χ0v) is 27.9. The second-order valence-electron chi connectivity index (χ2n) is 11.2. The second kappa shape index (κ2) is 16.5. The monoisotopic (exact) mass is 730 g/mol. The van der Waals surface area contributed by atoms with Gasteiger partial charge >= 0.3 is 6.09 Å². The molecule has 0 saturated heterocycles. The zero-order valence-electron chi connectivity index (χ0n) is 26.3. The first-order chi connectivity index (χ1) is 23.6. The van der Waals surface area contributed by atoms with Crippen LogP contribution in [0.4, 0.5) is 4.79 Å². The summed E-state index contributed by atoms with van der Waals surface area (Å²) in [5, 5.41) is 8.45. The number of Topliss-reactive ketones (excluding diaryl/α,β-unsaturated/α-hetero) is 1. The SMILES string of the molecule is O=C(NC(CS(=O)(=O)O)C(=O)NC(CS(=O)(=O)O)C(=O)NCCNC(=O)C(=O)Cc1ccccc1)OCC1c2ccccc2-c2ccccc21. The summed E-state index contributed by atoms with van der Waals surface area (Å²) >= 11 is 0. The van der Waals surface area contributed by atoms with E-state index in [1.165, 1.54) is 0 Å². The van der Waals surface area contributed by atoms with E-state index in [9.17, 15) is 49.9 Å². The number of alkyl carbamates (subject to hydrolysis) is 1. The van der Waals surface area contributed by atoms with Crippen molar-refractivity contribution < 1.29 is 54.7 Å². The van der Waals surface area contributed by atoms with E-state index in [0.29, 0.717) is 5.56 Å². The van der Waals surface area contributed by atoms with Crippen LogP contribution >= 0.6 is 0 Å². The van der Waals surface area contributed by atoms with Crippen molar-refractivity contribution in [3.63, 3.8) is 0 Å². The number of nitrogens with one attached hydrogen (secondary N) is 4. The van der Waals surface area contributed by atoms with Crippen LogP contribution in [0, 0.1) is 0 Å². The highest BCUT2D eigenvalue weighted by Crippen LogP contribution is 2.44. The molecule has 0 aromatic heterocycles. The molecule has 2 unspecified atom stereocenters. The summed E-state index contributed by atoms with van der Waals surface area (Å²) in [4.78, 5) is 62.9. The molecule has 0 spiro atoms. The maximum Gasteiger partial charge on any atom is 0.407 e. The molecule has 266 valence electrons. The zero-order chi connectivity index (χ0) is 36.5. The lowest BCUT2D eigenvalue weighted by molar-refractivity contribution is -0.137. The van der Waals surface area contributed by atoms with Gasteiger partial charge in [0.2, 0.25) is 17.6 Å². The number of benzene rings is 3. The Bertz CT molecular complexity index is 1930. The molecule has 2 atom stereocenters. The summed E-state index contributed by atoms with van der Waals surface area (Å²) in [6.45, 7) is -0.859. The van der Waals surface area contributed by atoms with Crippen molar-refractivity contribution in [1.82, 2.24) is 21.3 Å². The highest BCUT2D eigenvalue weighted by atomic mass is 32.2. The largest absolute Gasteiger partial charge is 0.449 e. The van der Waals surface area contributed by atoms with Crippen molar-refractivity contribution in [3.05, 3.63) is 95.6 Å². The first kappa shape index (κ1) is 37.6. The summed E-state index contributed by atoms with van der Waals surface area (Å²) in [5.41, 5.74) is 4.20. The highest BCUT2D eigenvalue weighted by molar-refractivity contribution is 7.86. The molecule has 1 aliphatic rings. The van der Waals surface area contributed by atoms with Crippen LogP contribution < -0.4 is 21.3 Å². The van der Waals surface area contributed by atoms with Crippen LogP contribution in [-0.2, 0) is 50.6 Å². The fraction of sp³-hybridized carbons (Fsp3) is 0.281. The molecule has 4 amide bonds. The van der Waals surface area contributed by atoms with Gasteiger partial charge < -0.3 is 26.0 Å². The number of hydrogen-bond donors (Lipinski definition) is 6. The number of fused-ring (bicyclic) bond motifs is 3. The number of carbonyl (C=O) groups is 5. The molecule has 18 heteroatoms. The van der Waals surface area contributed by atoms with Gasteiger partial charge in [0.25, 0.3) is 26.1 Å². The van der Waals surface area contributed by atoms with Gasteiger partial charge in [-0.3, -0.25) is 28.3 Å². The molecule has 0 fully saturated rings. The molecule has 3 aromatic carbocycles. The third-order valence-electron chi connectivity index (χ3n) is 7.51. The molecular formula is C32H34N4O12S2. The Morgan fingerprint density at radius 3 is 1.72 bits per heavy atom. The Labute approximate surface area is 287 Å². The summed E-state index contributed by atoms with van der Waals surface area (Å²) in [6.07, 6.45) is -1.43. The maximum atomic E-state index is 13.1. The van der Waals surface area contributed by atoms with Gasteiger partial charge in [0, 0.05) is 25.4 Å². The predicted octanol–water partition coefficient (Wildman–Crippen LogP) is 0.198. The molecule has 0 heterocycles. The van der Waals surface area contributed by atoms with Gasteiger partial charge in [0.15, 0.2) is 0 Å². The molecule has 6 N–H and O–H groups in total. The minimum atomic E-state index is -4.94. The first-order valence-electron chi connectivity index (χ1n) is 15.1. The Kier molecular flexibility index (Phi) is 12.4. The first-order valence-corrected chi connectivity index (χ1v) is 18.3. The number of amides is 4. The van der Waals surface area contributed by atoms with Gasteiger partial charge in [0.1, 0.15) is 30.2 Å². The third-order valence-corrected chi connectivity index (χ3v) is 9.02. The van der Waals surface area contributed by atoms with Crippen molar-refractivity contribution in [2.75, 3.05) is 31.2 Å². The quantitative estimate of drug-likeness (QED) is 0.0657. The standard InChI is InChI=1S/C32H34N4O12S2/c37-28(16-20-8-2-1-3-9-20)31(40)34-15-14-33-29(38)26(18-49(42,43)44)35-30(39)27(19-50(45,46)47)36-32(41)48-17-25-23-12-6-4-10-21(23)22-11-5-7-13-24(22)25/h1-13,25-27H,14-19H2,(H,33,38)(H,34,40)(H,35,39)(H,36,41)(H,42,43,44)(H,45,46,47). The van der Waals surface area contributed by atoms with E-state index in [1.807, 2.05) is 59.2 Å². The number of hydrogen-bond acceptors (Lipinski definition) is 10. The predicted molar refractivity (Wildman–Crippen MR) is 178 cm³/mol. The van der Waals surface area contributed by atoms with E-state index in [-0.39, 0.29) is 26.1 Å². The van der Waals surface area contributed by atoms with Crippen molar-refractivity contribution >= 4 is 49.8 Å². The number of carbonyl (C=O) groups excluding carboxylic acids is 5. The average molecular weight is 731 g/mol. The molecular weight excluding hydrogens is 697 g/mol. The molecule has 16 nitrogen and oxygen atoms in total. The molecule has 4 rings (SSSR count). The van der Waals surface area contributed by atoms with Crippen molar-refractivity contribution in [2.45, 2.75) is 24.4 Å². The van der Waals surface area contributed by atoms with E-state index in [4.69, 9.17) is 4.74 Å². The van der Waals surface area contributed by atoms with Gasteiger partial charge in [-0.2, -0.15) is 16.8 Å². The minimum absolute atomic E-state index is 0.170. The van der Waals surface area contributed by atoms with Crippen LogP contribution in [-0.4, -0.2) is 98.8 Å². The molecule has 50 heavy (non-hydrogen) atoms. The van der Waals surface area contributed by atoms with Crippen LogP contribution in [0.5, 0.6) is 0 Å². The molecule has 0 aliphatic heterocycles. The summed E-state index contributed by atoms with van der Waals surface area (Å²) < 4.78 is 70.8. The van der Waals surface area contributed by atoms with E-state index in [0.717, 1.165) is 22.3 Å². The highest BCUT2D eigenvalue weighted by Gasteiger charge is 2.34. The Morgan fingerprint density at radius 2 is 1.16 bits per heavy atom. The van der Waals surface area contributed by atoms with Gasteiger partial charge in [0.05, 0.1) is 0 Å². The smallest absolute Gasteiger partial charge is 0.407 e. The third kappa shape index (κ3) is 10.9. The minimum Gasteiger partial charge on any atom is -0.449 e. The Hall–Kier alpha value is -5.17. The average Bonchev–Trinajstić information content (AvgIpc) is 3.37. The van der Waals surface area contributed by atoms with Gasteiger partial charge in [-0.1, -0.05) is 78.9 Å². The fourth-order valence-corrected chi connectivity index (χ4v) is 6.60. The van der Waals surface area contributed by atoms with Crippen LogP contribution in [0.1, 0.15) is 22.6 Å². The molecule has 0 bridgehead atoms. The number of ketones is 1. The van der Waals surface area contributed by atoms with E-state index in [2.05, 4.69) is 10.6 Å². The van der Waals surface area contributed by atoms with E-state index >= 15 is 0 Å². The van der Waals surface area contributed by atoms with E-state index < -0.39 is 79.3 Å².